The summed E-state index contributed by atoms with van der Waals surface area (Å²) >= 11 is 1.64. The zero-order chi connectivity index (χ0) is 21.4. The van der Waals surface area contributed by atoms with Gasteiger partial charge in [-0.3, -0.25) is 0 Å². The van der Waals surface area contributed by atoms with Gasteiger partial charge in [0.15, 0.2) is 14.7 Å². The molecule has 0 amide bonds. The molecule has 0 atom stereocenters. The second-order valence-corrected chi connectivity index (χ2v) is 9.67. The van der Waals surface area contributed by atoms with Gasteiger partial charge in [-0.2, -0.15) is 0 Å². The number of aromatic carboxylic acids is 1. The third kappa shape index (κ3) is 3.48. The summed E-state index contributed by atoms with van der Waals surface area (Å²) in [5, 5.41) is 9.97. The fraction of sp³-hybridized carbons (Fsp3) is 0.174. The van der Waals surface area contributed by atoms with Crippen LogP contribution < -0.4 is 14.2 Å². The number of methoxy groups -OCH3 is 3. The van der Waals surface area contributed by atoms with Gasteiger partial charge in [0.2, 0.25) is 0 Å². The van der Waals surface area contributed by atoms with Crippen LogP contribution in [0, 0.1) is 6.92 Å². The Hall–Kier alpha value is -2.77. The van der Waals surface area contributed by atoms with Crippen LogP contribution in [0.3, 0.4) is 0 Å². The molecule has 0 fully saturated rings. The molecule has 30 heavy (non-hydrogen) atoms. The molecule has 3 aromatic carbocycles. The van der Waals surface area contributed by atoms with Crippen molar-refractivity contribution in [1.29, 1.82) is 0 Å². The van der Waals surface area contributed by atoms with Crippen molar-refractivity contribution in [2.24, 2.45) is 0 Å². The van der Waals surface area contributed by atoms with E-state index in [9.17, 15) is 9.90 Å². The highest BCUT2D eigenvalue weighted by Crippen LogP contribution is 2.51. The second kappa shape index (κ2) is 8.16. The number of ether oxygens (including phenoxy) is 3. The van der Waals surface area contributed by atoms with Crippen molar-refractivity contribution in [3.63, 3.8) is 0 Å². The standard InChI is InChI=1S/C23H20O5S2/c1-13-9-22(16(23(24)25)12-17(13)28-4)30-20-7-5-14(26-2)10-18(20)29-19-11-15(27-3)6-8-21(19)30/h5-12H,1-4H3/p+1. The van der Waals surface area contributed by atoms with Crippen LogP contribution in [0.4, 0.5) is 0 Å². The molecule has 0 spiro atoms. The maximum atomic E-state index is 12.2. The lowest BCUT2D eigenvalue weighted by Gasteiger charge is -2.21. The van der Waals surface area contributed by atoms with Gasteiger partial charge in [0.05, 0.1) is 31.1 Å². The number of carbonyl (C=O) groups is 1. The van der Waals surface area contributed by atoms with E-state index < -0.39 is 16.9 Å². The molecule has 4 rings (SSSR count). The van der Waals surface area contributed by atoms with E-state index in [1.54, 1.807) is 39.2 Å². The number of hydrogen-bond donors (Lipinski definition) is 1. The van der Waals surface area contributed by atoms with Crippen molar-refractivity contribution in [1.82, 2.24) is 0 Å². The topological polar surface area (TPSA) is 65.0 Å². The van der Waals surface area contributed by atoms with Crippen molar-refractivity contribution < 1.29 is 24.1 Å². The van der Waals surface area contributed by atoms with Crippen molar-refractivity contribution in [3.8, 4) is 17.2 Å². The lowest BCUT2D eigenvalue weighted by molar-refractivity contribution is 0.0692. The zero-order valence-corrected chi connectivity index (χ0v) is 18.6. The summed E-state index contributed by atoms with van der Waals surface area (Å²) in [4.78, 5) is 17.2. The molecule has 3 aromatic rings. The first-order chi connectivity index (χ1) is 14.5. The van der Waals surface area contributed by atoms with Gasteiger partial charge >= 0.3 is 5.97 Å². The van der Waals surface area contributed by atoms with E-state index in [0.29, 0.717) is 5.75 Å². The molecule has 0 aromatic heterocycles. The minimum Gasteiger partial charge on any atom is -0.497 e. The van der Waals surface area contributed by atoms with Gasteiger partial charge < -0.3 is 19.3 Å². The van der Waals surface area contributed by atoms with Crippen molar-refractivity contribution in [2.45, 2.75) is 31.4 Å². The molecule has 0 unspecified atom stereocenters. The van der Waals surface area contributed by atoms with Gasteiger partial charge in [0.1, 0.15) is 33.7 Å². The maximum absolute atomic E-state index is 12.2. The Morgan fingerprint density at radius 3 is 1.87 bits per heavy atom. The Labute approximate surface area is 182 Å². The molecule has 1 heterocycles. The predicted octanol–water partition coefficient (Wildman–Crippen LogP) is 5.28. The number of benzene rings is 3. The second-order valence-electron chi connectivity index (χ2n) is 6.66. The lowest BCUT2D eigenvalue weighted by Crippen LogP contribution is -2.16. The van der Waals surface area contributed by atoms with E-state index in [4.69, 9.17) is 14.2 Å². The van der Waals surface area contributed by atoms with Crippen LogP contribution in [0.25, 0.3) is 0 Å². The fourth-order valence-electron chi connectivity index (χ4n) is 3.42. The summed E-state index contributed by atoms with van der Waals surface area (Å²) in [6.45, 7) is 1.93. The molecular weight excluding hydrogens is 420 g/mol. The molecular formula is C23H21O5S2+. The molecule has 1 aliphatic heterocycles. The van der Waals surface area contributed by atoms with Gasteiger partial charge in [0, 0.05) is 12.1 Å². The Morgan fingerprint density at radius 1 is 0.833 bits per heavy atom. The number of carboxylic acids is 1. The summed E-state index contributed by atoms with van der Waals surface area (Å²) in [5.74, 6) is 1.12. The molecule has 0 saturated carbocycles. The van der Waals surface area contributed by atoms with Gasteiger partial charge in [-0.25, -0.2) is 4.79 Å². The van der Waals surface area contributed by atoms with E-state index in [2.05, 4.69) is 0 Å². The van der Waals surface area contributed by atoms with Crippen LogP contribution in [0.2, 0.25) is 0 Å². The highest BCUT2D eigenvalue weighted by Gasteiger charge is 2.41. The summed E-state index contributed by atoms with van der Waals surface area (Å²) in [6, 6.07) is 15.5. The van der Waals surface area contributed by atoms with Gasteiger partial charge in [-0.15, -0.1) is 0 Å². The van der Waals surface area contributed by atoms with Crippen molar-refractivity contribution in [3.05, 3.63) is 59.7 Å². The molecule has 0 saturated heterocycles. The van der Waals surface area contributed by atoms with Crippen molar-refractivity contribution in [2.75, 3.05) is 21.3 Å². The van der Waals surface area contributed by atoms with Crippen LogP contribution in [0.1, 0.15) is 15.9 Å². The van der Waals surface area contributed by atoms with Crippen LogP contribution >= 0.6 is 11.8 Å². The number of hydrogen-bond acceptors (Lipinski definition) is 5. The van der Waals surface area contributed by atoms with Crippen LogP contribution in [-0.2, 0) is 10.9 Å². The Kier molecular flexibility index (Phi) is 5.58. The molecule has 0 aliphatic carbocycles. The Morgan fingerprint density at radius 2 is 1.40 bits per heavy atom. The average Bonchev–Trinajstić information content (AvgIpc) is 2.76. The average molecular weight is 442 g/mol. The third-order valence-corrected chi connectivity index (χ3v) is 8.65. The summed E-state index contributed by atoms with van der Waals surface area (Å²) < 4.78 is 16.2. The monoisotopic (exact) mass is 441 g/mol. The summed E-state index contributed by atoms with van der Waals surface area (Å²) in [5.41, 5.74) is 1.14. The molecule has 0 bridgehead atoms. The van der Waals surface area contributed by atoms with Crippen LogP contribution in [0.15, 0.2) is 73.0 Å². The normalized spacial score (nSPS) is 12.7. The highest BCUT2D eigenvalue weighted by atomic mass is 32.2. The Balaban J connectivity index is 2.01. The lowest BCUT2D eigenvalue weighted by atomic mass is 10.1. The molecule has 1 aliphatic rings. The molecule has 1 N–H and O–H groups in total. The molecule has 154 valence electrons. The first-order valence-electron chi connectivity index (χ1n) is 9.17. The summed E-state index contributed by atoms with van der Waals surface area (Å²) in [7, 11) is 4.23. The van der Waals surface area contributed by atoms with Gasteiger partial charge in [0.25, 0.3) is 0 Å². The third-order valence-electron chi connectivity index (χ3n) is 4.91. The van der Waals surface area contributed by atoms with E-state index in [-0.39, 0.29) is 5.56 Å². The number of aryl methyl sites for hydroxylation is 1. The Bertz CT molecular complexity index is 1090. The van der Waals surface area contributed by atoms with Gasteiger partial charge in [-0.1, -0.05) is 11.8 Å². The molecule has 5 nitrogen and oxygen atoms in total. The minimum atomic E-state index is -0.973. The van der Waals surface area contributed by atoms with E-state index in [0.717, 1.165) is 41.5 Å². The number of rotatable bonds is 5. The van der Waals surface area contributed by atoms with Crippen LogP contribution in [0.5, 0.6) is 17.2 Å². The first-order valence-corrected chi connectivity index (χ1v) is 11.2. The van der Waals surface area contributed by atoms with E-state index >= 15 is 0 Å². The van der Waals surface area contributed by atoms with Crippen LogP contribution in [-0.4, -0.2) is 32.4 Å². The SMILES string of the molecule is COc1ccc2c(c1)Sc1cc(OC)ccc1[S+]2c1cc(C)c(OC)cc1C(=O)O. The quantitative estimate of drug-likeness (QED) is 0.425. The smallest absolute Gasteiger partial charge is 0.340 e. The van der Waals surface area contributed by atoms with E-state index in [1.807, 2.05) is 49.4 Å². The molecule has 0 radical (unpaired) electrons. The zero-order valence-electron chi connectivity index (χ0n) is 17.0. The first kappa shape index (κ1) is 20.5. The number of fused-ring (bicyclic) bond motifs is 2. The minimum absolute atomic E-state index is 0.246. The molecule has 7 heteroatoms. The fourth-order valence-corrected chi connectivity index (χ4v) is 7.39. The summed E-state index contributed by atoms with van der Waals surface area (Å²) in [6.07, 6.45) is 0. The largest absolute Gasteiger partial charge is 0.497 e. The highest BCUT2D eigenvalue weighted by molar-refractivity contribution is 8.04. The number of carboxylic acid groups (broad SMARTS) is 1. The van der Waals surface area contributed by atoms with Gasteiger partial charge in [-0.05, 0) is 48.9 Å². The van der Waals surface area contributed by atoms with E-state index in [1.165, 1.54) is 0 Å². The maximum Gasteiger partial charge on any atom is 0.340 e. The van der Waals surface area contributed by atoms with Crippen molar-refractivity contribution >= 4 is 28.6 Å². The predicted molar refractivity (Wildman–Crippen MR) is 117 cm³/mol.